The molecule has 1 fully saturated rings. The van der Waals surface area contributed by atoms with Gasteiger partial charge in [-0.25, -0.2) is 0 Å². The largest absolute Gasteiger partial charge is 0.385 e. The fraction of sp³-hybridized carbons (Fsp3) is 0.292. The summed E-state index contributed by atoms with van der Waals surface area (Å²) in [6, 6.07) is 11.8. The van der Waals surface area contributed by atoms with E-state index in [9.17, 15) is 4.79 Å². The molecule has 0 amide bonds. The Bertz CT molecular complexity index is 1280. The Morgan fingerprint density at radius 1 is 1.07 bits per heavy atom. The van der Waals surface area contributed by atoms with Gasteiger partial charge in [0.25, 0.3) is 0 Å². The molecule has 1 aliphatic rings. The number of ether oxygens (including phenoxy) is 1. The summed E-state index contributed by atoms with van der Waals surface area (Å²) in [5.74, 6) is 0.611. The van der Waals surface area contributed by atoms with Crippen LogP contribution in [0.4, 0.5) is 5.69 Å². The van der Waals surface area contributed by atoms with Crippen LogP contribution in [-0.2, 0) is 11.8 Å². The van der Waals surface area contributed by atoms with Crippen molar-refractivity contribution in [1.29, 1.82) is 0 Å². The number of aromatic nitrogens is 3. The Kier molecular flexibility index (Phi) is 4.93. The third kappa shape index (κ3) is 3.66. The second-order valence-electron chi connectivity index (χ2n) is 7.96. The molecular weight excluding hydrogens is 376 g/mol. The predicted molar refractivity (Wildman–Crippen MR) is 120 cm³/mol. The van der Waals surface area contributed by atoms with Crippen LogP contribution in [0.5, 0.6) is 0 Å². The van der Waals surface area contributed by atoms with Gasteiger partial charge in [-0.3, -0.25) is 14.5 Å². The average molecular weight is 400 g/mol. The molecule has 0 radical (unpaired) electrons. The Labute approximate surface area is 174 Å². The van der Waals surface area contributed by atoms with Crippen molar-refractivity contribution in [2.75, 3.05) is 25.1 Å². The minimum Gasteiger partial charge on any atom is -0.385 e. The molecule has 0 spiro atoms. The van der Waals surface area contributed by atoms with Gasteiger partial charge in [-0.2, -0.15) is 5.10 Å². The van der Waals surface area contributed by atoms with Crippen LogP contribution in [0.1, 0.15) is 12.8 Å². The zero-order valence-corrected chi connectivity index (χ0v) is 17.0. The van der Waals surface area contributed by atoms with Gasteiger partial charge in [0, 0.05) is 66.8 Å². The number of pyridine rings is 1. The maximum absolute atomic E-state index is 13.4. The van der Waals surface area contributed by atoms with Gasteiger partial charge in [-0.15, -0.1) is 0 Å². The van der Waals surface area contributed by atoms with E-state index in [0.29, 0.717) is 22.2 Å². The molecule has 0 saturated carbocycles. The Balaban J connectivity index is 1.55. The fourth-order valence-electron chi connectivity index (χ4n) is 4.05. The van der Waals surface area contributed by atoms with Crippen molar-refractivity contribution in [3.05, 3.63) is 65.2 Å². The first-order chi connectivity index (χ1) is 14.7. The standard InChI is InChI=1S/C24H24N4O2/c1-28-15-19(14-27-28)18-10-22-23(26-13-18)5-3-17-2-4-20(11-21(17)24(22)29)25-12-16-6-8-30-9-7-16/h2-5,10-11,13-16,25H,6-9,12H2,1H3. The molecule has 6 nitrogen and oxygen atoms in total. The summed E-state index contributed by atoms with van der Waals surface area (Å²) in [6.07, 6.45) is 7.66. The van der Waals surface area contributed by atoms with E-state index in [-0.39, 0.29) is 5.43 Å². The highest BCUT2D eigenvalue weighted by Gasteiger charge is 2.13. The molecule has 3 heterocycles. The van der Waals surface area contributed by atoms with E-state index in [4.69, 9.17) is 4.74 Å². The van der Waals surface area contributed by atoms with Crippen molar-refractivity contribution in [2.24, 2.45) is 13.0 Å². The van der Waals surface area contributed by atoms with Crippen LogP contribution in [0, 0.1) is 5.92 Å². The van der Waals surface area contributed by atoms with Crippen LogP contribution >= 0.6 is 0 Å². The van der Waals surface area contributed by atoms with E-state index in [1.165, 1.54) is 0 Å². The highest BCUT2D eigenvalue weighted by atomic mass is 16.5. The van der Waals surface area contributed by atoms with E-state index in [1.807, 2.05) is 49.6 Å². The maximum Gasteiger partial charge on any atom is 0.195 e. The summed E-state index contributed by atoms with van der Waals surface area (Å²) in [6.45, 7) is 2.57. The molecule has 4 aromatic rings. The predicted octanol–water partition coefficient (Wildman–Crippen LogP) is 3.99. The van der Waals surface area contributed by atoms with Crippen LogP contribution in [-0.4, -0.2) is 34.5 Å². The van der Waals surface area contributed by atoms with Gasteiger partial charge in [0.2, 0.25) is 0 Å². The molecule has 0 unspecified atom stereocenters. The zero-order valence-electron chi connectivity index (χ0n) is 17.0. The molecule has 0 atom stereocenters. The Morgan fingerprint density at radius 2 is 1.90 bits per heavy atom. The molecule has 1 saturated heterocycles. The van der Waals surface area contributed by atoms with Crippen molar-refractivity contribution >= 4 is 27.4 Å². The normalized spacial score (nSPS) is 15.0. The molecule has 152 valence electrons. The molecule has 1 N–H and O–H groups in total. The lowest BCUT2D eigenvalue weighted by atomic mass is 10.0. The minimum absolute atomic E-state index is 0.00189. The van der Waals surface area contributed by atoms with Crippen molar-refractivity contribution < 1.29 is 4.74 Å². The number of nitrogens with one attached hydrogen (secondary N) is 1. The summed E-state index contributed by atoms with van der Waals surface area (Å²) >= 11 is 0. The Morgan fingerprint density at radius 3 is 2.70 bits per heavy atom. The third-order valence-electron chi connectivity index (χ3n) is 5.86. The minimum atomic E-state index is -0.00189. The summed E-state index contributed by atoms with van der Waals surface area (Å²) in [7, 11) is 1.87. The van der Waals surface area contributed by atoms with Gasteiger partial charge in [0.1, 0.15) is 0 Å². The van der Waals surface area contributed by atoms with E-state index in [2.05, 4.69) is 15.4 Å². The lowest BCUT2D eigenvalue weighted by Gasteiger charge is -2.22. The number of rotatable bonds is 4. The molecule has 30 heavy (non-hydrogen) atoms. The van der Waals surface area contributed by atoms with Crippen LogP contribution in [0.3, 0.4) is 0 Å². The van der Waals surface area contributed by atoms with Crippen LogP contribution in [0.2, 0.25) is 0 Å². The first kappa shape index (κ1) is 18.8. The SMILES string of the molecule is Cn1cc(-c2cnc3ccc4ccc(NCC5CCOCC5)cc4c(=O)c3c2)cn1. The Hall–Kier alpha value is -3.25. The number of hydrogen-bond donors (Lipinski definition) is 1. The number of hydrogen-bond acceptors (Lipinski definition) is 5. The first-order valence-corrected chi connectivity index (χ1v) is 10.3. The first-order valence-electron chi connectivity index (χ1n) is 10.3. The molecular formula is C24H24N4O2. The molecule has 0 bridgehead atoms. The van der Waals surface area contributed by atoms with E-state index in [1.54, 1.807) is 17.1 Å². The number of nitrogens with zero attached hydrogens (tertiary/aromatic N) is 3. The van der Waals surface area contributed by atoms with E-state index < -0.39 is 0 Å². The number of fused-ring (bicyclic) bond motifs is 2. The highest BCUT2D eigenvalue weighted by Crippen LogP contribution is 2.23. The smallest absolute Gasteiger partial charge is 0.195 e. The lowest BCUT2D eigenvalue weighted by molar-refractivity contribution is 0.0699. The second kappa shape index (κ2) is 7.88. The fourth-order valence-corrected chi connectivity index (χ4v) is 4.05. The number of anilines is 1. The van der Waals surface area contributed by atoms with Crippen LogP contribution in [0.25, 0.3) is 32.8 Å². The van der Waals surface area contributed by atoms with Gasteiger partial charge in [-0.1, -0.05) is 12.1 Å². The summed E-state index contributed by atoms with van der Waals surface area (Å²) in [5.41, 5.74) is 3.50. The van der Waals surface area contributed by atoms with Crippen molar-refractivity contribution in [2.45, 2.75) is 12.8 Å². The zero-order chi connectivity index (χ0) is 20.5. The lowest BCUT2D eigenvalue weighted by Crippen LogP contribution is -2.22. The van der Waals surface area contributed by atoms with Gasteiger partial charge in [0.15, 0.2) is 5.43 Å². The molecule has 0 aliphatic carbocycles. The van der Waals surface area contributed by atoms with Crippen molar-refractivity contribution in [3.63, 3.8) is 0 Å². The number of aryl methyl sites for hydroxylation is 1. The monoisotopic (exact) mass is 400 g/mol. The topological polar surface area (TPSA) is 69.0 Å². The number of benzene rings is 1. The molecule has 6 heteroatoms. The molecule has 2 aromatic carbocycles. The quantitative estimate of drug-likeness (QED) is 0.561. The van der Waals surface area contributed by atoms with Crippen molar-refractivity contribution in [1.82, 2.24) is 14.8 Å². The van der Waals surface area contributed by atoms with Crippen LogP contribution in [0.15, 0.2) is 59.8 Å². The van der Waals surface area contributed by atoms with Gasteiger partial charge < -0.3 is 10.1 Å². The summed E-state index contributed by atoms with van der Waals surface area (Å²) in [5, 5.41) is 9.97. The van der Waals surface area contributed by atoms with E-state index in [0.717, 1.165) is 54.8 Å². The average Bonchev–Trinajstić information content (AvgIpc) is 3.17. The summed E-state index contributed by atoms with van der Waals surface area (Å²) in [4.78, 5) is 18.0. The molecule has 1 aliphatic heterocycles. The van der Waals surface area contributed by atoms with Gasteiger partial charge >= 0.3 is 0 Å². The van der Waals surface area contributed by atoms with Gasteiger partial charge in [0.05, 0.1) is 11.7 Å². The van der Waals surface area contributed by atoms with Crippen LogP contribution < -0.4 is 10.7 Å². The summed E-state index contributed by atoms with van der Waals surface area (Å²) < 4.78 is 7.18. The third-order valence-corrected chi connectivity index (χ3v) is 5.86. The molecule has 2 aromatic heterocycles. The van der Waals surface area contributed by atoms with E-state index >= 15 is 0 Å². The molecule has 5 rings (SSSR count). The highest BCUT2D eigenvalue weighted by molar-refractivity contribution is 5.94. The van der Waals surface area contributed by atoms with Gasteiger partial charge in [-0.05, 0) is 48.4 Å². The maximum atomic E-state index is 13.4. The van der Waals surface area contributed by atoms with Crippen molar-refractivity contribution in [3.8, 4) is 11.1 Å². The second-order valence-corrected chi connectivity index (χ2v) is 7.96.